The molecule has 237 valence electrons. The van der Waals surface area contributed by atoms with E-state index in [0.29, 0.717) is 11.8 Å². The molecule has 1 aliphatic rings. The monoisotopic (exact) mass is 607 g/mol. The Bertz CT molecular complexity index is 1750. The largest absolute Gasteiger partial charge is 0.353 e. The summed E-state index contributed by atoms with van der Waals surface area (Å²) in [4.78, 5) is 5.18. The fourth-order valence-corrected chi connectivity index (χ4v) is 8.16. The summed E-state index contributed by atoms with van der Waals surface area (Å²) in [6.07, 6.45) is 3.38. The number of anilines is 4. The molecule has 0 aromatic heterocycles. The molecule has 1 fully saturated rings. The lowest BCUT2D eigenvalue weighted by molar-refractivity contribution is 0.284. The number of para-hydroxylation sites is 2. The van der Waals surface area contributed by atoms with Crippen molar-refractivity contribution in [3.63, 3.8) is 0 Å². The highest BCUT2D eigenvalue weighted by atomic mass is 15.3. The average molecular weight is 608 g/mol. The van der Waals surface area contributed by atoms with Crippen molar-refractivity contribution in [3.05, 3.63) is 138 Å². The Balaban J connectivity index is 1.53. The minimum Gasteiger partial charge on any atom is -0.353 e. The van der Waals surface area contributed by atoms with Crippen LogP contribution in [0.2, 0.25) is 0 Å². The van der Waals surface area contributed by atoms with Gasteiger partial charge in [0.25, 0.3) is 0 Å². The molecule has 2 nitrogen and oxygen atoms in total. The topological polar surface area (TPSA) is 6.48 Å². The fraction of sp³-hybridized carbons (Fsp3) is 0.341. The molecule has 0 unspecified atom stereocenters. The van der Waals surface area contributed by atoms with Crippen molar-refractivity contribution < 1.29 is 0 Å². The van der Waals surface area contributed by atoms with Crippen molar-refractivity contribution in [1.29, 1.82) is 0 Å². The summed E-state index contributed by atoms with van der Waals surface area (Å²) in [5.74, 6) is 0.873. The first-order chi connectivity index (χ1) is 22.1. The van der Waals surface area contributed by atoms with E-state index in [1.54, 1.807) is 0 Å². The van der Waals surface area contributed by atoms with Gasteiger partial charge in [0.1, 0.15) is 0 Å². The summed E-state index contributed by atoms with van der Waals surface area (Å²) < 4.78 is 0. The van der Waals surface area contributed by atoms with Crippen LogP contribution in [0.3, 0.4) is 0 Å². The number of rotatable bonds is 9. The molecule has 5 aromatic rings. The summed E-state index contributed by atoms with van der Waals surface area (Å²) in [6.45, 7) is 19.1. The van der Waals surface area contributed by atoms with Gasteiger partial charge in [-0.3, -0.25) is 0 Å². The Kier molecular flexibility index (Phi) is 8.77. The molecule has 46 heavy (non-hydrogen) atoms. The van der Waals surface area contributed by atoms with Crippen molar-refractivity contribution in [2.45, 2.75) is 92.0 Å². The highest BCUT2D eigenvalue weighted by molar-refractivity contribution is 5.98. The van der Waals surface area contributed by atoms with Gasteiger partial charge in [-0.25, -0.2) is 0 Å². The molecule has 0 aliphatic carbocycles. The Morgan fingerprint density at radius 3 is 1.78 bits per heavy atom. The normalized spacial score (nSPS) is 16.1. The Morgan fingerprint density at radius 1 is 0.630 bits per heavy atom. The maximum absolute atomic E-state index is 2.78. The van der Waals surface area contributed by atoms with Gasteiger partial charge >= 0.3 is 0 Å². The molecule has 0 atom stereocenters. The molecular weight excluding hydrogens is 556 g/mol. The molecule has 0 N–H and O–H groups in total. The molecule has 1 radical (unpaired) electrons. The van der Waals surface area contributed by atoms with Crippen LogP contribution in [-0.2, 0) is 0 Å². The Hall–Kier alpha value is -4.04. The van der Waals surface area contributed by atoms with Gasteiger partial charge in [0.2, 0.25) is 0 Å². The van der Waals surface area contributed by atoms with E-state index in [1.165, 1.54) is 50.6 Å². The van der Waals surface area contributed by atoms with Gasteiger partial charge in [-0.2, -0.15) is 0 Å². The van der Waals surface area contributed by atoms with E-state index in [2.05, 4.69) is 180 Å². The summed E-state index contributed by atoms with van der Waals surface area (Å²) in [5.41, 5.74) is 9.25. The number of fused-ring (bicyclic) bond motifs is 1. The van der Waals surface area contributed by atoms with E-state index in [0.717, 1.165) is 24.9 Å². The third-order valence-corrected chi connectivity index (χ3v) is 10.4. The first kappa shape index (κ1) is 31.9. The maximum Gasteiger partial charge on any atom is 0.0994 e. The van der Waals surface area contributed by atoms with Crippen molar-refractivity contribution in [2.75, 3.05) is 9.80 Å². The zero-order chi connectivity index (χ0) is 32.6. The summed E-state index contributed by atoms with van der Waals surface area (Å²) in [6, 6.07) is 44.0. The van der Waals surface area contributed by atoms with E-state index in [4.69, 9.17) is 0 Å². The summed E-state index contributed by atoms with van der Waals surface area (Å²) >= 11 is 0. The van der Waals surface area contributed by atoms with Gasteiger partial charge in [0, 0.05) is 33.4 Å². The van der Waals surface area contributed by atoms with E-state index < -0.39 is 0 Å². The van der Waals surface area contributed by atoms with Crippen LogP contribution in [0.25, 0.3) is 10.8 Å². The van der Waals surface area contributed by atoms with E-state index >= 15 is 0 Å². The van der Waals surface area contributed by atoms with Crippen molar-refractivity contribution in [1.82, 2.24) is 0 Å². The zero-order valence-corrected chi connectivity index (χ0v) is 29.1. The quantitative estimate of drug-likeness (QED) is 0.164. The van der Waals surface area contributed by atoms with Gasteiger partial charge in [-0.15, -0.1) is 0 Å². The summed E-state index contributed by atoms with van der Waals surface area (Å²) in [7, 11) is 0. The van der Waals surface area contributed by atoms with Crippen LogP contribution < -0.4 is 9.80 Å². The molecule has 6 rings (SSSR count). The van der Waals surface area contributed by atoms with Gasteiger partial charge in [0.15, 0.2) is 0 Å². The molecule has 1 aliphatic heterocycles. The lowest BCUT2D eigenvalue weighted by atomic mass is 9.71. The van der Waals surface area contributed by atoms with Crippen LogP contribution in [0.1, 0.15) is 103 Å². The Labute approximate surface area is 278 Å². The van der Waals surface area contributed by atoms with Crippen molar-refractivity contribution >= 4 is 33.5 Å². The fourth-order valence-electron chi connectivity index (χ4n) is 8.16. The van der Waals surface area contributed by atoms with Crippen LogP contribution in [0.15, 0.2) is 115 Å². The molecule has 0 bridgehead atoms. The Morgan fingerprint density at radius 2 is 1.17 bits per heavy atom. The zero-order valence-electron chi connectivity index (χ0n) is 29.1. The number of benzene rings is 5. The van der Waals surface area contributed by atoms with E-state index in [9.17, 15) is 0 Å². The highest BCUT2D eigenvalue weighted by Crippen LogP contribution is 2.60. The molecule has 0 spiro atoms. The number of hydrogen-bond donors (Lipinski definition) is 0. The van der Waals surface area contributed by atoms with Crippen LogP contribution >= 0.6 is 0 Å². The second-order valence-corrected chi connectivity index (χ2v) is 14.5. The van der Waals surface area contributed by atoms with Crippen LogP contribution in [-0.4, -0.2) is 5.54 Å². The first-order valence-electron chi connectivity index (χ1n) is 17.4. The molecule has 1 heterocycles. The second-order valence-electron chi connectivity index (χ2n) is 14.5. The lowest BCUT2D eigenvalue weighted by Gasteiger charge is -2.43. The lowest BCUT2D eigenvalue weighted by Crippen LogP contribution is -2.42. The standard InChI is InChI=1S/C44H51N2/c1-9-44(10-2)30-43(7,8)46(41-37(31(3)4)23-17-24-38(41)32(5)6)42(44)34-26-28-36(29-27-34)45(35-20-12-11-13-21-35)40-25-16-19-33-18-14-15-22-39(33)40/h11-29,31-32H,9-10,30H2,1-8H3. The molecular formula is C44H51N2. The van der Waals surface area contributed by atoms with E-state index in [1.807, 2.05) is 0 Å². The van der Waals surface area contributed by atoms with Gasteiger partial charge in [-0.05, 0) is 97.4 Å². The van der Waals surface area contributed by atoms with Gasteiger partial charge in [0.05, 0.1) is 11.7 Å². The molecule has 5 aromatic carbocycles. The molecule has 2 heteroatoms. The average Bonchev–Trinajstić information content (AvgIpc) is 3.32. The third kappa shape index (κ3) is 5.51. The highest BCUT2D eigenvalue weighted by Gasteiger charge is 2.56. The SMILES string of the molecule is CCC1(CC)CC(C)(C)N(c2c(C(C)C)cccc2C(C)C)[C]1c1ccc(N(c2ccccc2)c2cccc3ccccc23)cc1. The molecule has 0 saturated carbocycles. The minimum atomic E-state index is -0.0202. The predicted molar refractivity (Wildman–Crippen MR) is 200 cm³/mol. The van der Waals surface area contributed by atoms with Crippen LogP contribution in [0.4, 0.5) is 22.7 Å². The first-order valence-corrected chi connectivity index (χ1v) is 17.4. The van der Waals surface area contributed by atoms with Crippen molar-refractivity contribution in [2.24, 2.45) is 5.41 Å². The predicted octanol–water partition coefficient (Wildman–Crippen LogP) is 12.9. The maximum atomic E-state index is 2.78. The number of hydrogen-bond acceptors (Lipinski definition) is 2. The van der Waals surface area contributed by atoms with Crippen LogP contribution in [0.5, 0.6) is 0 Å². The number of nitrogens with zero attached hydrogens (tertiary/aromatic N) is 2. The van der Waals surface area contributed by atoms with Gasteiger partial charge < -0.3 is 9.80 Å². The third-order valence-electron chi connectivity index (χ3n) is 10.4. The molecule has 1 saturated heterocycles. The second kappa shape index (κ2) is 12.6. The summed E-state index contributed by atoms with van der Waals surface area (Å²) in [5, 5.41) is 2.50. The smallest absolute Gasteiger partial charge is 0.0994 e. The van der Waals surface area contributed by atoms with E-state index in [-0.39, 0.29) is 11.0 Å². The van der Waals surface area contributed by atoms with Crippen LogP contribution in [0, 0.1) is 11.5 Å². The minimum absolute atomic E-state index is 0.0202. The van der Waals surface area contributed by atoms with Gasteiger partial charge in [-0.1, -0.05) is 126 Å². The van der Waals surface area contributed by atoms with Crippen molar-refractivity contribution in [3.8, 4) is 0 Å². The molecule has 0 amide bonds.